The number of carbonyl (C=O) groups is 3. The normalized spacial score (nSPS) is 25.3. The number of benzene rings is 2. The number of anilines is 2. The maximum Gasteiger partial charge on any atom is 0.305 e. The number of rotatable bonds is 10. The monoisotopic (exact) mass is 609 g/mol. The molecule has 0 aliphatic carbocycles. The number of aliphatic hydroxyl groups is 1. The predicted molar refractivity (Wildman–Crippen MR) is 164 cm³/mol. The van der Waals surface area contributed by atoms with Crippen molar-refractivity contribution >= 4 is 43.3 Å². The zero-order valence-corrected chi connectivity index (χ0v) is 26.2. The van der Waals surface area contributed by atoms with Crippen molar-refractivity contribution in [3.05, 3.63) is 59.7 Å². The molecule has 0 saturated carbocycles. The average molecular weight is 610 g/mol. The molecule has 43 heavy (non-hydrogen) atoms. The Morgan fingerprint density at radius 2 is 1.91 bits per heavy atom. The molecule has 0 unspecified atom stereocenters. The molecule has 0 bridgehead atoms. The number of unbranched alkanes of at least 4 members (excludes halogenated alkanes) is 1. The van der Waals surface area contributed by atoms with Gasteiger partial charge in [0.25, 0.3) is 5.91 Å². The minimum Gasteiger partial charge on any atom is -0.469 e. The zero-order chi connectivity index (χ0) is 30.9. The maximum absolute atomic E-state index is 15.9. The van der Waals surface area contributed by atoms with Gasteiger partial charge in [-0.05, 0) is 56.1 Å². The molecule has 1 saturated heterocycles. The molecule has 230 valence electrons. The second-order valence-electron chi connectivity index (χ2n) is 12.1. The van der Waals surface area contributed by atoms with Gasteiger partial charge in [0.2, 0.25) is 14.3 Å². The summed E-state index contributed by atoms with van der Waals surface area (Å²) < 4.78 is 27.2. The molecule has 1 N–H and O–H groups in total. The molecule has 2 aromatic carbocycles. The highest BCUT2D eigenvalue weighted by Gasteiger charge is 2.66. The number of hydrogen-bond donors (Lipinski definition) is 1. The second-order valence-corrected chi connectivity index (χ2v) is 15.9. The van der Waals surface area contributed by atoms with Crippen molar-refractivity contribution in [3.63, 3.8) is 0 Å². The van der Waals surface area contributed by atoms with Crippen LogP contribution >= 0.6 is 0 Å². The van der Waals surface area contributed by atoms with Gasteiger partial charge in [-0.2, -0.15) is 5.10 Å². The molecule has 1 fully saturated rings. The van der Waals surface area contributed by atoms with Crippen LogP contribution in [0.5, 0.6) is 0 Å². The van der Waals surface area contributed by atoms with Crippen LogP contribution in [0.2, 0.25) is 18.6 Å². The van der Waals surface area contributed by atoms with Crippen LogP contribution in [0.15, 0.2) is 53.6 Å². The number of methoxy groups -OCH3 is 1. The number of esters is 1. The standard InChI is InChI=1S/C32H40FN3O6Si/c1-21-30(43(3,4)33)27(17-19-37)42-32(21)24-20-23(36-28(38)16-14-25(34-36)22-10-6-5-7-11-22)13-15-26(24)35(31(32)40)18-9-8-12-29(39)41-2/h5-7,10-11,13,15,20-21,27,30,37H,8-9,12,14,16-19H2,1-4H3/t21-,27+,30-,32+/m1/s1. The van der Waals surface area contributed by atoms with Gasteiger partial charge in [-0.25, -0.2) is 5.01 Å². The molecule has 0 radical (unpaired) electrons. The highest BCUT2D eigenvalue weighted by molar-refractivity contribution is 6.72. The fraction of sp³-hybridized carbons (Fsp3) is 0.500. The van der Waals surface area contributed by atoms with Crippen LogP contribution in [0.4, 0.5) is 15.5 Å². The smallest absolute Gasteiger partial charge is 0.305 e. The third-order valence-electron chi connectivity index (χ3n) is 8.98. The number of ether oxygens (including phenoxy) is 2. The lowest BCUT2D eigenvalue weighted by atomic mass is 9.82. The van der Waals surface area contributed by atoms with Gasteiger partial charge in [-0.1, -0.05) is 37.3 Å². The Labute approximate surface area is 252 Å². The molecule has 3 aliphatic rings. The maximum atomic E-state index is 15.9. The van der Waals surface area contributed by atoms with Crippen molar-refractivity contribution in [1.29, 1.82) is 0 Å². The van der Waals surface area contributed by atoms with Crippen molar-refractivity contribution in [2.45, 2.75) is 75.8 Å². The molecule has 4 atom stereocenters. The van der Waals surface area contributed by atoms with Crippen LogP contribution in [-0.2, 0) is 29.5 Å². The highest BCUT2D eigenvalue weighted by atomic mass is 28.4. The van der Waals surface area contributed by atoms with Crippen molar-refractivity contribution in [2.75, 3.05) is 30.2 Å². The first-order valence-corrected chi connectivity index (χ1v) is 17.9. The summed E-state index contributed by atoms with van der Waals surface area (Å²) in [4.78, 5) is 40.9. The number of aliphatic hydroxyl groups excluding tert-OH is 1. The summed E-state index contributed by atoms with van der Waals surface area (Å²) in [6.07, 6.45) is 1.72. The first-order valence-electron chi connectivity index (χ1n) is 15.0. The van der Waals surface area contributed by atoms with Crippen molar-refractivity contribution in [2.24, 2.45) is 11.0 Å². The SMILES string of the molecule is COC(=O)CCCCN1C(=O)[C@@]2(O[C@@H](CCO)[C@H]([Si](C)(C)F)[C@H]2C)c2cc(N3N=C(c4ccccc4)CCC3=O)ccc21. The number of hydrazone groups is 1. The number of fused-ring (bicyclic) bond motifs is 2. The predicted octanol–water partition coefficient (Wildman–Crippen LogP) is 5.07. The van der Waals surface area contributed by atoms with E-state index in [0.717, 1.165) is 11.3 Å². The zero-order valence-electron chi connectivity index (χ0n) is 25.2. The third kappa shape index (κ3) is 5.65. The average Bonchev–Trinajstić information content (AvgIpc) is 3.42. The van der Waals surface area contributed by atoms with E-state index in [2.05, 4.69) is 0 Å². The third-order valence-corrected chi connectivity index (χ3v) is 11.4. The molecule has 0 aromatic heterocycles. The van der Waals surface area contributed by atoms with Crippen LogP contribution in [-0.4, -0.2) is 63.4 Å². The summed E-state index contributed by atoms with van der Waals surface area (Å²) in [5, 5.41) is 15.9. The van der Waals surface area contributed by atoms with Crippen LogP contribution in [0.25, 0.3) is 0 Å². The van der Waals surface area contributed by atoms with Gasteiger partial charge in [0, 0.05) is 49.4 Å². The van der Waals surface area contributed by atoms with E-state index in [1.54, 1.807) is 36.2 Å². The summed E-state index contributed by atoms with van der Waals surface area (Å²) >= 11 is 0. The highest BCUT2D eigenvalue weighted by Crippen LogP contribution is 2.60. The lowest BCUT2D eigenvalue weighted by Gasteiger charge is -2.31. The van der Waals surface area contributed by atoms with E-state index in [0.29, 0.717) is 42.7 Å². The Morgan fingerprint density at radius 3 is 2.58 bits per heavy atom. The number of carbonyl (C=O) groups excluding carboxylic acids is 3. The number of nitrogens with zero attached hydrogens (tertiary/aromatic N) is 3. The molecule has 2 aromatic rings. The first-order chi connectivity index (χ1) is 20.5. The van der Waals surface area contributed by atoms with Crippen LogP contribution in [0, 0.1) is 5.92 Å². The van der Waals surface area contributed by atoms with Gasteiger partial charge < -0.3 is 23.6 Å². The first kappa shape index (κ1) is 31.0. The van der Waals surface area contributed by atoms with Gasteiger partial charge >= 0.3 is 5.97 Å². The molecule has 3 aliphatic heterocycles. The number of halogens is 1. The summed E-state index contributed by atoms with van der Waals surface area (Å²) in [6.45, 7) is 5.25. The Morgan fingerprint density at radius 1 is 1.16 bits per heavy atom. The fourth-order valence-electron chi connectivity index (χ4n) is 7.02. The van der Waals surface area contributed by atoms with E-state index in [1.807, 2.05) is 37.3 Å². The lowest BCUT2D eigenvalue weighted by molar-refractivity contribution is -0.146. The Balaban J connectivity index is 1.57. The van der Waals surface area contributed by atoms with Gasteiger partial charge in [0.05, 0.1) is 30.3 Å². The van der Waals surface area contributed by atoms with Crippen LogP contribution in [0.1, 0.15) is 56.6 Å². The molecule has 2 amide bonds. The summed E-state index contributed by atoms with van der Waals surface area (Å²) in [7, 11) is -2.01. The number of amides is 2. The topological polar surface area (TPSA) is 109 Å². The molecule has 11 heteroatoms. The van der Waals surface area contributed by atoms with Crippen LogP contribution < -0.4 is 9.91 Å². The van der Waals surface area contributed by atoms with Gasteiger partial charge in [-0.15, -0.1) is 0 Å². The Hall–Kier alpha value is -3.41. The quantitative estimate of drug-likeness (QED) is 0.175. The fourth-order valence-corrected chi connectivity index (χ4v) is 9.56. The Bertz CT molecular complexity index is 1410. The van der Waals surface area contributed by atoms with E-state index < -0.39 is 31.6 Å². The van der Waals surface area contributed by atoms with E-state index >= 15 is 4.11 Å². The summed E-state index contributed by atoms with van der Waals surface area (Å²) in [5.74, 6) is -1.27. The van der Waals surface area contributed by atoms with E-state index in [4.69, 9.17) is 14.6 Å². The Kier molecular flexibility index (Phi) is 8.87. The number of hydrogen-bond acceptors (Lipinski definition) is 7. The van der Waals surface area contributed by atoms with Gasteiger partial charge in [0.15, 0.2) is 5.60 Å². The summed E-state index contributed by atoms with van der Waals surface area (Å²) in [5.41, 5.74) is 1.44. The second kappa shape index (κ2) is 12.3. The summed E-state index contributed by atoms with van der Waals surface area (Å²) in [6, 6.07) is 15.1. The lowest BCUT2D eigenvalue weighted by Crippen LogP contribution is -2.45. The molecular formula is C32H40FN3O6Si. The molecular weight excluding hydrogens is 569 g/mol. The van der Waals surface area contributed by atoms with E-state index in [1.165, 1.54) is 12.1 Å². The van der Waals surface area contributed by atoms with Crippen molar-refractivity contribution < 1.29 is 33.1 Å². The van der Waals surface area contributed by atoms with Crippen molar-refractivity contribution in [1.82, 2.24) is 0 Å². The molecule has 5 rings (SSSR count). The van der Waals surface area contributed by atoms with Gasteiger partial charge in [-0.3, -0.25) is 14.4 Å². The minimum atomic E-state index is -3.35. The minimum absolute atomic E-state index is 0.161. The molecule has 3 heterocycles. The van der Waals surface area contributed by atoms with Crippen molar-refractivity contribution in [3.8, 4) is 0 Å². The van der Waals surface area contributed by atoms with Crippen LogP contribution in [0.3, 0.4) is 0 Å². The molecule has 1 spiro atoms. The molecule has 9 nitrogen and oxygen atoms in total. The van der Waals surface area contributed by atoms with E-state index in [9.17, 15) is 19.5 Å². The van der Waals surface area contributed by atoms with Gasteiger partial charge in [0.1, 0.15) is 0 Å². The largest absolute Gasteiger partial charge is 0.469 e. The van der Waals surface area contributed by atoms with E-state index in [-0.39, 0.29) is 43.7 Å².